The number of alkyl carbamates (subject to hydrolysis) is 1. The van der Waals surface area contributed by atoms with Gasteiger partial charge in [0.1, 0.15) is 11.8 Å². The van der Waals surface area contributed by atoms with Crippen LogP contribution < -0.4 is 20.1 Å². The Morgan fingerprint density at radius 1 is 1.21 bits per heavy atom. The summed E-state index contributed by atoms with van der Waals surface area (Å²) in [6, 6.07) is 3.77. The van der Waals surface area contributed by atoms with Crippen molar-refractivity contribution in [3.8, 4) is 5.75 Å². The molecule has 2 aliphatic rings. The van der Waals surface area contributed by atoms with Crippen molar-refractivity contribution in [3.05, 3.63) is 30.2 Å². The molecule has 1 aliphatic heterocycles. The van der Waals surface area contributed by atoms with Gasteiger partial charge in [0.25, 0.3) is 6.20 Å². The van der Waals surface area contributed by atoms with Crippen LogP contribution in [0.15, 0.2) is 24.5 Å². The molecule has 0 radical (unpaired) electrons. The van der Waals surface area contributed by atoms with Crippen molar-refractivity contribution in [2.75, 3.05) is 11.9 Å². The van der Waals surface area contributed by atoms with Gasteiger partial charge in [0, 0.05) is 35.0 Å². The molecule has 4 N–H and O–H groups in total. The number of carbonyl (C=O) groups is 1. The van der Waals surface area contributed by atoms with Crippen LogP contribution in [0.3, 0.4) is 0 Å². The predicted octanol–water partition coefficient (Wildman–Crippen LogP) is 2.60. The van der Waals surface area contributed by atoms with Crippen LogP contribution in [-0.2, 0) is 4.74 Å². The van der Waals surface area contributed by atoms with Crippen LogP contribution in [-0.4, -0.2) is 40.3 Å². The van der Waals surface area contributed by atoms with Gasteiger partial charge in [0.05, 0.1) is 6.10 Å². The minimum atomic E-state index is -0.360. The van der Waals surface area contributed by atoms with Crippen molar-refractivity contribution in [1.29, 1.82) is 0 Å². The zero-order valence-corrected chi connectivity index (χ0v) is 15.9. The van der Waals surface area contributed by atoms with E-state index in [0.717, 1.165) is 42.5 Å². The van der Waals surface area contributed by atoms with E-state index < -0.39 is 0 Å². The fourth-order valence-corrected chi connectivity index (χ4v) is 3.82. The molecule has 2 aromatic heterocycles. The molecule has 0 spiro atoms. The van der Waals surface area contributed by atoms with E-state index in [0.29, 0.717) is 23.8 Å². The lowest BCUT2D eigenvalue weighted by Crippen LogP contribution is -2.30. The highest BCUT2D eigenvalue weighted by molar-refractivity contribution is 5.67. The van der Waals surface area contributed by atoms with Crippen molar-refractivity contribution in [3.63, 3.8) is 0 Å². The molecule has 3 atom stereocenters. The summed E-state index contributed by atoms with van der Waals surface area (Å²) in [5.41, 5.74) is 1.68. The molecule has 0 aromatic carbocycles. The zero-order valence-electron chi connectivity index (χ0n) is 15.9. The fourth-order valence-electron chi connectivity index (χ4n) is 3.82. The number of aromatic amines is 1. The van der Waals surface area contributed by atoms with E-state index >= 15 is 0 Å². The van der Waals surface area contributed by atoms with Crippen LogP contribution >= 0.6 is 0 Å². The number of hydrogen-bond donors (Lipinski definition) is 4. The summed E-state index contributed by atoms with van der Waals surface area (Å²) in [6.07, 6.45) is 6.66. The highest BCUT2D eigenvalue weighted by Gasteiger charge is 2.30. The second-order valence-corrected chi connectivity index (χ2v) is 7.51. The maximum absolute atomic E-state index is 12.0. The topological polar surface area (TPSA) is 112 Å². The van der Waals surface area contributed by atoms with Crippen LogP contribution in [0, 0.1) is 0 Å². The second kappa shape index (κ2) is 7.95. The van der Waals surface area contributed by atoms with E-state index in [-0.39, 0.29) is 24.2 Å². The van der Waals surface area contributed by atoms with Crippen LogP contribution in [0.4, 0.5) is 16.3 Å². The van der Waals surface area contributed by atoms with E-state index in [1.165, 1.54) is 6.20 Å². The molecule has 3 heterocycles. The third kappa shape index (κ3) is 4.47. The minimum absolute atomic E-state index is 0.0699. The monoisotopic (exact) mass is 388 g/mol. The van der Waals surface area contributed by atoms with Crippen LogP contribution in [0.5, 0.6) is 5.75 Å². The third-order valence-corrected chi connectivity index (χ3v) is 5.19. The molecule has 150 valence electrons. The standard InChI is InChI=1S/C19H25N5O4/c1-12-3-2-6-20-19(25)28-15-5-4-13(7-15)17-9-18(23-22-17)21-14-8-16(27-12)11-24(26)10-14/h8-13,15H,2-7H2,1H3,(H3-,20,21,22,23,25,26)/p+1/t12-,13+,15-/m1/s1. The van der Waals surface area contributed by atoms with Crippen LogP contribution in [0.2, 0.25) is 0 Å². The number of H-pyrrole nitrogens is 1. The highest BCUT2D eigenvalue weighted by Crippen LogP contribution is 2.36. The normalized spacial score (nSPS) is 25.5. The average Bonchev–Trinajstić information content (AvgIpc) is 3.27. The summed E-state index contributed by atoms with van der Waals surface area (Å²) in [6.45, 7) is 2.49. The molecule has 0 unspecified atom stereocenters. The Morgan fingerprint density at radius 3 is 3.00 bits per heavy atom. The fraction of sp³-hybridized carbons (Fsp3) is 0.526. The van der Waals surface area contributed by atoms with Crippen LogP contribution in [0.1, 0.15) is 50.6 Å². The molecule has 1 amide bonds. The molecule has 1 aliphatic carbocycles. The number of aromatic nitrogens is 3. The average molecular weight is 388 g/mol. The van der Waals surface area contributed by atoms with E-state index in [2.05, 4.69) is 20.8 Å². The van der Waals surface area contributed by atoms with Crippen molar-refractivity contribution in [2.24, 2.45) is 0 Å². The predicted molar refractivity (Wildman–Crippen MR) is 99.9 cm³/mol. The first-order chi connectivity index (χ1) is 13.5. The maximum Gasteiger partial charge on any atom is 0.407 e. The number of nitrogens with one attached hydrogen (secondary N) is 3. The highest BCUT2D eigenvalue weighted by atomic mass is 16.6. The minimum Gasteiger partial charge on any atom is -0.484 e. The second-order valence-electron chi connectivity index (χ2n) is 7.51. The Kier molecular flexibility index (Phi) is 5.23. The first kappa shape index (κ1) is 18.4. The lowest BCUT2D eigenvalue weighted by atomic mass is 10.0. The molecule has 28 heavy (non-hydrogen) atoms. The lowest BCUT2D eigenvalue weighted by Gasteiger charge is -2.15. The van der Waals surface area contributed by atoms with Crippen molar-refractivity contribution in [1.82, 2.24) is 15.5 Å². The van der Waals surface area contributed by atoms with Gasteiger partial charge >= 0.3 is 6.09 Å². The summed E-state index contributed by atoms with van der Waals surface area (Å²) in [5, 5.41) is 23.3. The zero-order chi connectivity index (χ0) is 19.5. The van der Waals surface area contributed by atoms with E-state index in [1.807, 2.05) is 19.1 Å². The van der Waals surface area contributed by atoms with Gasteiger partial charge in [0.2, 0.25) is 6.20 Å². The van der Waals surface area contributed by atoms with Gasteiger partial charge in [-0.15, -0.1) is 0 Å². The molecular weight excluding hydrogens is 362 g/mol. The number of anilines is 2. The first-order valence-electron chi connectivity index (χ1n) is 9.74. The summed E-state index contributed by atoms with van der Waals surface area (Å²) in [4.78, 5) is 12.0. The molecular formula is C19H26N5O4+. The third-order valence-electron chi connectivity index (χ3n) is 5.19. The quantitative estimate of drug-likeness (QED) is 0.408. The number of ether oxygens (including phenoxy) is 2. The number of hydrogen-bond acceptors (Lipinski definition) is 6. The Labute approximate surface area is 163 Å². The Hall–Kier alpha value is -2.97. The Morgan fingerprint density at radius 2 is 2.11 bits per heavy atom. The molecule has 6 bridgehead atoms. The number of rotatable bonds is 0. The van der Waals surface area contributed by atoms with Gasteiger partial charge in [-0.25, -0.2) is 4.79 Å². The molecule has 0 saturated heterocycles. The summed E-state index contributed by atoms with van der Waals surface area (Å²) in [7, 11) is 0. The summed E-state index contributed by atoms with van der Waals surface area (Å²) >= 11 is 0. The number of carbonyl (C=O) groups excluding carboxylic acids is 1. The number of pyridine rings is 1. The van der Waals surface area contributed by atoms with Crippen molar-refractivity contribution >= 4 is 17.6 Å². The van der Waals surface area contributed by atoms with E-state index in [1.54, 1.807) is 6.20 Å². The van der Waals surface area contributed by atoms with Gasteiger partial charge in [0.15, 0.2) is 11.6 Å². The molecule has 1 fully saturated rings. The van der Waals surface area contributed by atoms with Gasteiger partial charge in [-0.1, -0.05) is 0 Å². The Bertz CT molecular complexity index is 839. The molecule has 4 rings (SSSR count). The van der Waals surface area contributed by atoms with Gasteiger partial charge in [-0.3, -0.25) is 10.3 Å². The molecule has 9 nitrogen and oxygen atoms in total. The number of fused-ring (bicyclic) bond motifs is 7. The molecule has 1 saturated carbocycles. The van der Waals surface area contributed by atoms with E-state index in [4.69, 9.17) is 9.47 Å². The van der Waals surface area contributed by atoms with Gasteiger partial charge in [-0.2, -0.15) is 5.10 Å². The SMILES string of the molecule is C[C@@H]1CCCNC(=O)O[C@@H]2CC[C@@H](C2)c2cc(n[nH]2)Nc2cc(c[n+](O)c2)O1. The maximum atomic E-state index is 12.0. The smallest absolute Gasteiger partial charge is 0.407 e. The summed E-state index contributed by atoms with van der Waals surface area (Å²) < 4.78 is 12.4. The molecule has 9 heteroatoms. The lowest BCUT2D eigenvalue weighted by molar-refractivity contribution is -0.904. The largest absolute Gasteiger partial charge is 0.484 e. The van der Waals surface area contributed by atoms with Crippen molar-refractivity contribution in [2.45, 2.75) is 57.2 Å². The van der Waals surface area contributed by atoms with Crippen LogP contribution in [0.25, 0.3) is 0 Å². The summed E-state index contributed by atoms with van der Waals surface area (Å²) in [5.74, 6) is 1.48. The first-order valence-corrected chi connectivity index (χ1v) is 9.74. The Balaban J connectivity index is 1.56. The van der Waals surface area contributed by atoms with E-state index in [9.17, 15) is 10.0 Å². The number of amides is 1. The van der Waals surface area contributed by atoms with Crippen molar-refractivity contribution < 1.29 is 24.2 Å². The number of nitrogens with zero attached hydrogens (tertiary/aromatic N) is 2. The van der Waals surface area contributed by atoms with Gasteiger partial charge < -0.3 is 20.1 Å². The van der Waals surface area contributed by atoms with Gasteiger partial charge in [-0.05, 0) is 39.0 Å². The molecule has 2 aromatic rings.